The first kappa shape index (κ1) is 11.2. The van der Waals surface area contributed by atoms with Gasteiger partial charge in [-0.25, -0.2) is 4.98 Å². The molecule has 1 aliphatic carbocycles. The third-order valence-corrected chi connectivity index (χ3v) is 2.65. The Balaban J connectivity index is 2.29. The lowest BCUT2D eigenvalue weighted by Crippen LogP contribution is -2.14. The van der Waals surface area contributed by atoms with E-state index in [1.54, 1.807) is 13.3 Å². The molecule has 16 heavy (non-hydrogen) atoms. The zero-order valence-corrected chi connectivity index (χ0v) is 10.4. The Bertz CT molecular complexity index is 378. The van der Waals surface area contributed by atoms with Gasteiger partial charge in [0.15, 0.2) is 0 Å². The minimum Gasteiger partial charge on any atom is -0.489 e. The summed E-state index contributed by atoms with van der Waals surface area (Å²) in [6, 6.07) is 2.05. The van der Waals surface area contributed by atoms with Crippen LogP contribution in [-0.4, -0.2) is 18.2 Å². The fraction of sp³-hybridized carbons (Fsp3) is 0.615. The van der Waals surface area contributed by atoms with Crippen LogP contribution in [0.3, 0.4) is 0 Å². The number of hydrogen-bond acceptors (Lipinski definition) is 3. The molecule has 2 rings (SSSR count). The Kier molecular flexibility index (Phi) is 2.78. The molecule has 0 spiro atoms. The van der Waals surface area contributed by atoms with E-state index in [1.807, 2.05) is 6.07 Å². The van der Waals surface area contributed by atoms with E-state index in [4.69, 9.17) is 9.47 Å². The summed E-state index contributed by atoms with van der Waals surface area (Å²) in [6.45, 7) is 6.44. The van der Waals surface area contributed by atoms with Crippen molar-refractivity contribution in [3.8, 4) is 11.6 Å². The van der Waals surface area contributed by atoms with Gasteiger partial charge in [0.25, 0.3) is 0 Å². The quantitative estimate of drug-likeness (QED) is 0.786. The second-order valence-corrected chi connectivity index (χ2v) is 5.30. The zero-order valence-electron chi connectivity index (χ0n) is 10.4. The van der Waals surface area contributed by atoms with Crippen molar-refractivity contribution in [1.29, 1.82) is 0 Å². The van der Waals surface area contributed by atoms with E-state index in [0.717, 1.165) is 24.2 Å². The normalized spacial score (nSPS) is 16.0. The second-order valence-electron chi connectivity index (χ2n) is 5.30. The molecule has 0 saturated heterocycles. The summed E-state index contributed by atoms with van der Waals surface area (Å²) in [5, 5.41) is 0. The maximum Gasteiger partial charge on any atom is 0.217 e. The first-order valence-electron chi connectivity index (χ1n) is 5.72. The highest BCUT2D eigenvalue weighted by molar-refractivity contribution is 5.38. The van der Waals surface area contributed by atoms with Gasteiger partial charge in [0, 0.05) is 5.56 Å². The van der Waals surface area contributed by atoms with Crippen LogP contribution in [0.15, 0.2) is 12.3 Å². The highest BCUT2D eigenvalue weighted by Crippen LogP contribution is 2.34. The molecule has 1 aliphatic rings. The number of ether oxygens (including phenoxy) is 2. The fourth-order valence-electron chi connectivity index (χ4n) is 1.58. The summed E-state index contributed by atoms with van der Waals surface area (Å²) in [7, 11) is 1.65. The Morgan fingerprint density at radius 1 is 1.31 bits per heavy atom. The van der Waals surface area contributed by atoms with Gasteiger partial charge in [-0.2, -0.15) is 0 Å². The molecular weight excluding hydrogens is 202 g/mol. The Morgan fingerprint density at radius 3 is 2.50 bits per heavy atom. The van der Waals surface area contributed by atoms with Crippen LogP contribution >= 0.6 is 0 Å². The van der Waals surface area contributed by atoms with E-state index in [1.165, 1.54) is 0 Å². The summed E-state index contributed by atoms with van der Waals surface area (Å²) in [6.07, 6.45) is 4.48. The lowest BCUT2D eigenvalue weighted by Gasteiger charge is -2.21. The molecule has 1 aromatic heterocycles. The van der Waals surface area contributed by atoms with Crippen LogP contribution in [0.5, 0.6) is 11.6 Å². The van der Waals surface area contributed by atoms with Crippen LogP contribution in [0.1, 0.15) is 39.2 Å². The summed E-state index contributed by atoms with van der Waals surface area (Å²) in [5.74, 6) is 1.55. The molecule has 0 N–H and O–H groups in total. The molecule has 1 aromatic rings. The van der Waals surface area contributed by atoms with Crippen LogP contribution in [0, 0.1) is 0 Å². The van der Waals surface area contributed by atoms with Gasteiger partial charge in [-0.3, -0.25) is 0 Å². The predicted molar refractivity (Wildman–Crippen MR) is 63.1 cm³/mol. The van der Waals surface area contributed by atoms with Crippen LogP contribution in [0.25, 0.3) is 0 Å². The second kappa shape index (κ2) is 3.96. The molecule has 1 fully saturated rings. The molecule has 1 saturated carbocycles. The van der Waals surface area contributed by atoms with Crippen molar-refractivity contribution in [3.63, 3.8) is 0 Å². The molecule has 0 atom stereocenters. The molecule has 3 nitrogen and oxygen atoms in total. The number of hydrogen-bond donors (Lipinski definition) is 0. The molecular formula is C13H19NO2. The largest absolute Gasteiger partial charge is 0.489 e. The van der Waals surface area contributed by atoms with Gasteiger partial charge in [0.1, 0.15) is 5.75 Å². The third-order valence-electron chi connectivity index (χ3n) is 2.65. The lowest BCUT2D eigenvalue weighted by molar-refractivity contribution is 0.298. The first-order chi connectivity index (χ1) is 7.50. The van der Waals surface area contributed by atoms with E-state index in [-0.39, 0.29) is 5.41 Å². The molecule has 0 radical (unpaired) electrons. The molecule has 88 valence electrons. The Morgan fingerprint density at radius 2 is 2.00 bits per heavy atom. The average Bonchev–Trinajstić information content (AvgIpc) is 3.00. The summed E-state index contributed by atoms with van der Waals surface area (Å²) < 4.78 is 11.0. The van der Waals surface area contributed by atoms with Crippen LogP contribution in [0.2, 0.25) is 0 Å². The Hall–Kier alpha value is -1.25. The van der Waals surface area contributed by atoms with Crippen molar-refractivity contribution in [1.82, 2.24) is 4.98 Å². The highest BCUT2D eigenvalue weighted by Gasteiger charge is 2.25. The van der Waals surface area contributed by atoms with Crippen LogP contribution in [0.4, 0.5) is 0 Å². The predicted octanol–water partition coefficient (Wildman–Crippen LogP) is 2.93. The molecule has 1 heterocycles. The van der Waals surface area contributed by atoms with Crippen molar-refractivity contribution in [2.24, 2.45) is 0 Å². The van der Waals surface area contributed by atoms with Gasteiger partial charge in [-0.05, 0) is 24.3 Å². The molecule has 3 heteroatoms. The monoisotopic (exact) mass is 221 g/mol. The SMILES string of the molecule is COc1ncc(OC2CC2)cc1C(C)(C)C. The minimum atomic E-state index is 0.0151. The van der Waals surface area contributed by atoms with Crippen molar-refractivity contribution in [2.45, 2.75) is 45.1 Å². The summed E-state index contributed by atoms with van der Waals surface area (Å²) in [4.78, 5) is 4.30. The van der Waals surface area contributed by atoms with Crippen molar-refractivity contribution >= 4 is 0 Å². The van der Waals surface area contributed by atoms with Crippen LogP contribution in [-0.2, 0) is 5.41 Å². The van der Waals surface area contributed by atoms with Gasteiger partial charge >= 0.3 is 0 Å². The molecule has 0 bridgehead atoms. The number of aromatic nitrogens is 1. The maximum atomic E-state index is 5.74. The van der Waals surface area contributed by atoms with Crippen LogP contribution < -0.4 is 9.47 Å². The van der Waals surface area contributed by atoms with Gasteiger partial charge in [-0.15, -0.1) is 0 Å². The fourth-order valence-corrected chi connectivity index (χ4v) is 1.58. The van der Waals surface area contributed by atoms with E-state index in [0.29, 0.717) is 12.0 Å². The van der Waals surface area contributed by atoms with Gasteiger partial charge < -0.3 is 9.47 Å². The number of methoxy groups -OCH3 is 1. The third kappa shape index (κ3) is 2.46. The number of nitrogens with zero attached hydrogens (tertiary/aromatic N) is 1. The van der Waals surface area contributed by atoms with Crippen molar-refractivity contribution in [3.05, 3.63) is 17.8 Å². The highest BCUT2D eigenvalue weighted by atomic mass is 16.5. The lowest BCUT2D eigenvalue weighted by atomic mass is 9.87. The average molecular weight is 221 g/mol. The molecule has 0 aromatic carbocycles. The topological polar surface area (TPSA) is 31.4 Å². The smallest absolute Gasteiger partial charge is 0.217 e. The van der Waals surface area contributed by atoms with E-state index < -0.39 is 0 Å². The van der Waals surface area contributed by atoms with Gasteiger partial charge in [0.2, 0.25) is 5.88 Å². The van der Waals surface area contributed by atoms with E-state index in [9.17, 15) is 0 Å². The van der Waals surface area contributed by atoms with Gasteiger partial charge in [0.05, 0.1) is 19.4 Å². The first-order valence-corrected chi connectivity index (χ1v) is 5.72. The van der Waals surface area contributed by atoms with Crippen molar-refractivity contribution < 1.29 is 9.47 Å². The minimum absolute atomic E-state index is 0.0151. The number of rotatable bonds is 3. The molecule has 0 unspecified atom stereocenters. The van der Waals surface area contributed by atoms with Crippen molar-refractivity contribution in [2.75, 3.05) is 7.11 Å². The van der Waals surface area contributed by atoms with E-state index >= 15 is 0 Å². The molecule has 0 aliphatic heterocycles. The summed E-state index contributed by atoms with van der Waals surface area (Å²) in [5.41, 5.74) is 1.11. The maximum absolute atomic E-state index is 5.74. The Labute approximate surface area is 96.8 Å². The molecule has 0 amide bonds. The number of pyridine rings is 1. The standard InChI is InChI=1S/C13H19NO2/c1-13(2,3)11-7-10(16-9-5-6-9)8-14-12(11)15-4/h7-9H,5-6H2,1-4H3. The zero-order chi connectivity index (χ0) is 11.8. The summed E-state index contributed by atoms with van der Waals surface area (Å²) >= 11 is 0. The van der Waals surface area contributed by atoms with E-state index in [2.05, 4.69) is 25.8 Å². The van der Waals surface area contributed by atoms with Gasteiger partial charge in [-0.1, -0.05) is 20.8 Å².